The van der Waals surface area contributed by atoms with Gasteiger partial charge in [0, 0.05) is 6.54 Å². The normalized spacial score (nSPS) is 21.5. The van der Waals surface area contributed by atoms with Crippen molar-refractivity contribution in [1.82, 2.24) is 9.80 Å². The number of amides is 2. The van der Waals surface area contributed by atoms with E-state index in [2.05, 4.69) is 0 Å². The van der Waals surface area contributed by atoms with Gasteiger partial charge in [0.15, 0.2) is 0 Å². The van der Waals surface area contributed by atoms with Crippen molar-refractivity contribution >= 4 is 23.2 Å². The monoisotopic (exact) mass is 311 g/mol. The van der Waals surface area contributed by atoms with Crippen molar-refractivity contribution in [2.45, 2.75) is 31.0 Å². The minimum atomic E-state index is -0.923. The highest BCUT2D eigenvalue weighted by Crippen LogP contribution is 2.26. The number of carbonyl (C=O) groups is 2. The Morgan fingerprint density at radius 3 is 2.76 bits per heavy atom. The maximum atomic E-state index is 12.8. The largest absolute Gasteiger partial charge is 0.386 e. The summed E-state index contributed by atoms with van der Waals surface area (Å²) in [5.41, 5.74) is 6.08. The minimum absolute atomic E-state index is 0.250. The number of primary amides is 1. The van der Waals surface area contributed by atoms with Crippen LogP contribution in [-0.2, 0) is 9.59 Å². The van der Waals surface area contributed by atoms with Gasteiger partial charge in [0.25, 0.3) is 0 Å². The van der Waals surface area contributed by atoms with E-state index in [1.807, 2.05) is 10.8 Å². The smallest absolute Gasteiger partial charge is 0.243 e. The summed E-state index contributed by atoms with van der Waals surface area (Å²) < 4.78 is 0. The molecule has 1 fully saturated rings. The molecule has 2 rings (SSSR count). The van der Waals surface area contributed by atoms with E-state index in [0.717, 1.165) is 6.42 Å². The second-order valence-corrected chi connectivity index (χ2v) is 6.28. The zero-order chi connectivity index (χ0) is 15.6. The van der Waals surface area contributed by atoms with Crippen LogP contribution in [0, 0.1) is 0 Å². The lowest BCUT2D eigenvalue weighted by Gasteiger charge is -2.33. The molecule has 0 spiro atoms. The fourth-order valence-corrected chi connectivity index (χ4v) is 3.45. The first kappa shape index (κ1) is 15.9. The topological polar surface area (TPSA) is 86.9 Å². The van der Waals surface area contributed by atoms with Crippen LogP contribution in [0.4, 0.5) is 0 Å². The van der Waals surface area contributed by atoms with Gasteiger partial charge < -0.3 is 15.7 Å². The molecule has 21 heavy (non-hydrogen) atoms. The summed E-state index contributed by atoms with van der Waals surface area (Å²) >= 11 is 1.47. The highest BCUT2D eigenvalue weighted by Gasteiger charge is 2.40. The second kappa shape index (κ2) is 6.55. The Balaban J connectivity index is 2.22. The average molecular weight is 311 g/mol. The number of likely N-dealkylation sites (tertiary alicyclic amines) is 1. The Kier molecular flexibility index (Phi) is 4.97. The number of nitrogens with zero attached hydrogens (tertiary/aromatic N) is 2. The molecule has 1 unspecified atom stereocenters. The third kappa shape index (κ3) is 3.25. The Hall–Kier alpha value is -1.44. The van der Waals surface area contributed by atoms with Crippen LogP contribution in [0.15, 0.2) is 16.8 Å². The lowest BCUT2D eigenvalue weighted by molar-refractivity contribution is -0.144. The molecule has 0 saturated carbocycles. The fraction of sp³-hybridized carbons (Fsp3) is 0.571. The van der Waals surface area contributed by atoms with E-state index in [-0.39, 0.29) is 5.91 Å². The van der Waals surface area contributed by atoms with Gasteiger partial charge in [-0.25, -0.2) is 0 Å². The van der Waals surface area contributed by atoms with Crippen LogP contribution in [0.1, 0.15) is 24.5 Å². The summed E-state index contributed by atoms with van der Waals surface area (Å²) in [7, 11) is 3.49. The van der Waals surface area contributed by atoms with E-state index >= 15 is 0 Å². The fourth-order valence-electron chi connectivity index (χ4n) is 2.76. The number of carbonyl (C=O) groups excluding carboxylic acids is 2. The molecule has 1 aliphatic rings. The molecule has 6 nitrogen and oxygen atoms in total. The van der Waals surface area contributed by atoms with Crippen LogP contribution < -0.4 is 5.73 Å². The predicted octanol–water partition coefficient (Wildman–Crippen LogP) is 0.188. The van der Waals surface area contributed by atoms with Crippen LogP contribution >= 0.6 is 11.3 Å². The van der Waals surface area contributed by atoms with Crippen molar-refractivity contribution in [2.75, 3.05) is 20.6 Å². The van der Waals surface area contributed by atoms with Crippen LogP contribution in [0.3, 0.4) is 0 Å². The average Bonchev–Trinajstić information content (AvgIpc) is 3.09. The Morgan fingerprint density at radius 2 is 2.24 bits per heavy atom. The molecule has 1 aromatic heterocycles. The number of likely N-dealkylation sites (N-methyl/N-ethyl adjacent to an activating group) is 1. The molecule has 0 bridgehead atoms. The molecule has 2 heterocycles. The summed E-state index contributed by atoms with van der Waals surface area (Å²) in [6.07, 6.45) is 0.428. The van der Waals surface area contributed by atoms with Gasteiger partial charge in [0.2, 0.25) is 11.8 Å². The first-order chi connectivity index (χ1) is 9.93. The molecule has 7 heteroatoms. The highest BCUT2D eigenvalue weighted by molar-refractivity contribution is 7.07. The van der Waals surface area contributed by atoms with Crippen LogP contribution in [0.25, 0.3) is 0 Å². The van der Waals surface area contributed by atoms with Gasteiger partial charge in [-0.3, -0.25) is 14.5 Å². The Morgan fingerprint density at radius 1 is 1.52 bits per heavy atom. The van der Waals surface area contributed by atoms with E-state index in [1.54, 1.807) is 25.1 Å². The van der Waals surface area contributed by atoms with Gasteiger partial charge in [-0.1, -0.05) is 0 Å². The number of thiophene rings is 1. The van der Waals surface area contributed by atoms with E-state index in [1.165, 1.54) is 16.2 Å². The molecule has 1 saturated heterocycles. The lowest BCUT2D eigenvalue weighted by atomic mass is 10.0. The van der Waals surface area contributed by atoms with Crippen molar-refractivity contribution in [3.05, 3.63) is 22.4 Å². The molecule has 3 N–H and O–H groups in total. The van der Waals surface area contributed by atoms with Gasteiger partial charge >= 0.3 is 0 Å². The summed E-state index contributed by atoms with van der Waals surface area (Å²) in [5.74, 6) is -0.733. The Labute approximate surface area is 128 Å². The van der Waals surface area contributed by atoms with E-state index in [9.17, 15) is 14.7 Å². The molecule has 2 amide bonds. The number of rotatable bonds is 5. The van der Waals surface area contributed by atoms with E-state index in [4.69, 9.17) is 5.73 Å². The van der Waals surface area contributed by atoms with Crippen molar-refractivity contribution in [2.24, 2.45) is 5.73 Å². The van der Waals surface area contributed by atoms with Gasteiger partial charge in [0.1, 0.15) is 18.2 Å². The van der Waals surface area contributed by atoms with E-state index in [0.29, 0.717) is 18.5 Å². The first-order valence-corrected chi connectivity index (χ1v) is 7.84. The zero-order valence-corrected chi connectivity index (χ0v) is 13.0. The van der Waals surface area contributed by atoms with Crippen LogP contribution in [0.5, 0.6) is 0 Å². The molecule has 1 aliphatic heterocycles. The van der Waals surface area contributed by atoms with Crippen LogP contribution in [0.2, 0.25) is 0 Å². The van der Waals surface area contributed by atoms with Crippen molar-refractivity contribution in [1.29, 1.82) is 0 Å². The minimum Gasteiger partial charge on any atom is -0.386 e. The Bertz CT molecular complexity index is 504. The number of hydrogen-bond acceptors (Lipinski definition) is 5. The van der Waals surface area contributed by atoms with Gasteiger partial charge in [0.05, 0.1) is 0 Å². The lowest BCUT2D eigenvalue weighted by Crippen LogP contribution is -2.53. The third-order valence-electron chi connectivity index (χ3n) is 3.86. The SMILES string of the molecule is CN(C)[C@H](C(=O)N1CCCC1C(N)=O)[C@H](O)c1ccsc1. The standard InChI is InChI=1S/C14H21N3O3S/c1-16(2)11(12(18)9-5-7-21-8-9)14(20)17-6-3-4-10(17)13(15)19/h5,7-8,10-12,18H,3-4,6H2,1-2H3,(H2,15,19)/t10?,11-,12+/m0/s1. The summed E-state index contributed by atoms with van der Waals surface area (Å²) in [6, 6.07) is 0.517. The molecule has 0 aromatic carbocycles. The van der Waals surface area contributed by atoms with Crippen molar-refractivity contribution < 1.29 is 14.7 Å². The molecular formula is C14H21N3O3S. The molecule has 1 aromatic rings. The van der Waals surface area contributed by atoms with E-state index < -0.39 is 24.1 Å². The number of nitrogens with two attached hydrogens (primary N) is 1. The first-order valence-electron chi connectivity index (χ1n) is 6.90. The molecule has 0 radical (unpaired) electrons. The number of hydrogen-bond donors (Lipinski definition) is 2. The molecule has 116 valence electrons. The summed E-state index contributed by atoms with van der Waals surface area (Å²) in [4.78, 5) is 27.4. The summed E-state index contributed by atoms with van der Waals surface area (Å²) in [5, 5.41) is 14.2. The summed E-state index contributed by atoms with van der Waals surface area (Å²) in [6.45, 7) is 0.507. The molecular weight excluding hydrogens is 290 g/mol. The van der Waals surface area contributed by atoms with Crippen molar-refractivity contribution in [3.8, 4) is 0 Å². The number of aliphatic hydroxyl groups is 1. The maximum absolute atomic E-state index is 12.8. The van der Waals surface area contributed by atoms with Crippen LogP contribution in [-0.4, -0.2) is 59.4 Å². The highest BCUT2D eigenvalue weighted by atomic mass is 32.1. The van der Waals surface area contributed by atoms with Gasteiger partial charge in [-0.05, 0) is 49.3 Å². The van der Waals surface area contributed by atoms with Gasteiger partial charge in [-0.2, -0.15) is 11.3 Å². The number of aliphatic hydroxyl groups excluding tert-OH is 1. The zero-order valence-electron chi connectivity index (χ0n) is 12.2. The molecule has 3 atom stereocenters. The molecule has 0 aliphatic carbocycles. The van der Waals surface area contributed by atoms with Gasteiger partial charge in [-0.15, -0.1) is 0 Å². The van der Waals surface area contributed by atoms with Crippen molar-refractivity contribution in [3.63, 3.8) is 0 Å². The third-order valence-corrected chi connectivity index (χ3v) is 4.56. The quantitative estimate of drug-likeness (QED) is 0.812. The maximum Gasteiger partial charge on any atom is 0.243 e. The predicted molar refractivity (Wildman–Crippen MR) is 80.7 cm³/mol. The second-order valence-electron chi connectivity index (χ2n) is 5.50.